The molecule has 2 amide bonds. The summed E-state index contributed by atoms with van der Waals surface area (Å²) in [6.07, 6.45) is 0.343. The van der Waals surface area contributed by atoms with Gasteiger partial charge in [-0.25, -0.2) is 4.79 Å². The Morgan fingerprint density at radius 2 is 2.00 bits per heavy atom. The van der Waals surface area contributed by atoms with Gasteiger partial charge in [-0.2, -0.15) is 0 Å². The molecule has 1 aliphatic rings. The second kappa shape index (κ2) is 9.19. The number of hydrogen-bond donors (Lipinski definition) is 2. The van der Waals surface area contributed by atoms with Crippen LogP contribution in [0.15, 0.2) is 24.3 Å². The summed E-state index contributed by atoms with van der Waals surface area (Å²) in [6, 6.07) is 5.50. The van der Waals surface area contributed by atoms with Gasteiger partial charge in [-0.15, -0.1) is 0 Å². The summed E-state index contributed by atoms with van der Waals surface area (Å²) < 4.78 is 9.73. The number of nitrogens with zero attached hydrogens (tertiary/aromatic N) is 1. The van der Waals surface area contributed by atoms with E-state index in [1.807, 2.05) is 0 Å². The summed E-state index contributed by atoms with van der Waals surface area (Å²) in [5.41, 5.74) is 0.766. The lowest BCUT2D eigenvalue weighted by Gasteiger charge is -2.19. The lowest BCUT2D eigenvalue weighted by Crippen LogP contribution is -2.46. The van der Waals surface area contributed by atoms with Crippen LogP contribution in [0, 0.1) is 5.92 Å². The van der Waals surface area contributed by atoms with E-state index in [-0.39, 0.29) is 30.4 Å². The predicted molar refractivity (Wildman–Crippen MR) is 92.3 cm³/mol. The van der Waals surface area contributed by atoms with Gasteiger partial charge in [-0.3, -0.25) is 9.59 Å². The Labute approximate surface area is 152 Å². The van der Waals surface area contributed by atoms with Crippen LogP contribution in [0.3, 0.4) is 0 Å². The number of aromatic hydroxyl groups is 1. The van der Waals surface area contributed by atoms with Crippen molar-refractivity contribution in [2.75, 3.05) is 33.9 Å². The Kier molecular flexibility index (Phi) is 6.97. The number of phenols is 1. The number of carbonyl (C=O) groups excluding carboxylic acids is 3. The third-order valence-electron chi connectivity index (χ3n) is 4.33. The van der Waals surface area contributed by atoms with E-state index in [4.69, 9.17) is 9.47 Å². The first-order valence-corrected chi connectivity index (χ1v) is 8.37. The van der Waals surface area contributed by atoms with E-state index in [1.165, 1.54) is 19.2 Å². The lowest BCUT2D eigenvalue weighted by atomic mass is 10.0. The summed E-state index contributed by atoms with van der Waals surface area (Å²) >= 11 is 0. The largest absolute Gasteiger partial charge is 0.508 e. The zero-order valence-electron chi connectivity index (χ0n) is 14.9. The Balaban J connectivity index is 1.99. The molecule has 0 bridgehead atoms. The molecule has 0 aliphatic carbocycles. The normalized spacial score (nSPS) is 17.8. The number of nitrogens with one attached hydrogen (secondary N) is 1. The van der Waals surface area contributed by atoms with E-state index in [0.29, 0.717) is 19.7 Å². The molecule has 1 aliphatic heterocycles. The average Bonchev–Trinajstić information content (AvgIpc) is 3.01. The average molecular weight is 364 g/mol. The van der Waals surface area contributed by atoms with Crippen molar-refractivity contribution in [2.24, 2.45) is 5.92 Å². The molecule has 0 aromatic heterocycles. The van der Waals surface area contributed by atoms with E-state index in [2.05, 4.69) is 5.32 Å². The first kappa shape index (κ1) is 19.7. The molecule has 0 radical (unpaired) electrons. The summed E-state index contributed by atoms with van der Waals surface area (Å²) in [5, 5.41) is 12.0. The molecule has 0 spiro atoms. The SMILES string of the molecule is COCCN1CC(C(=O)NC(Cc2ccc(O)cc2)C(=O)OC)CC1=O. The molecule has 1 heterocycles. The fraction of sp³-hybridized carbons (Fsp3) is 0.500. The molecule has 2 atom stereocenters. The Bertz CT molecular complexity index is 646. The van der Waals surface area contributed by atoms with Gasteiger partial charge in [0.05, 0.1) is 19.6 Å². The summed E-state index contributed by atoms with van der Waals surface area (Å²) in [4.78, 5) is 38.1. The fourth-order valence-corrected chi connectivity index (χ4v) is 2.86. The van der Waals surface area contributed by atoms with Gasteiger partial charge in [0, 0.05) is 33.0 Å². The Hall–Kier alpha value is -2.61. The molecule has 2 N–H and O–H groups in total. The number of likely N-dealkylation sites (tertiary alicyclic amines) is 1. The van der Waals surface area contributed by atoms with Gasteiger partial charge >= 0.3 is 5.97 Å². The number of amides is 2. The van der Waals surface area contributed by atoms with Crippen molar-refractivity contribution in [3.05, 3.63) is 29.8 Å². The minimum atomic E-state index is -0.861. The van der Waals surface area contributed by atoms with Crippen molar-refractivity contribution < 1.29 is 29.0 Å². The molecule has 2 rings (SSSR count). The molecule has 26 heavy (non-hydrogen) atoms. The standard InChI is InChI=1S/C18H24N2O6/c1-25-8-7-20-11-13(10-16(20)22)17(23)19-15(18(24)26-2)9-12-3-5-14(21)6-4-12/h3-6,13,15,21H,7-11H2,1-2H3,(H,19,23). The second-order valence-corrected chi connectivity index (χ2v) is 6.19. The summed E-state index contributed by atoms with van der Waals surface area (Å²) in [6.45, 7) is 1.15. The number of phenolic OH excluding ortho intramolecular Hbond substituents is 1. The Morgan fingerprint density at radius 1 is 1.31 bits per heavy atom. The van der Waals surface area contributed by atoms with Gasteiger partial charge < -0.3 is 24.8 Å². The highest BCUT2D eigenvalue weighted by molar-refractivity contribution is 5.91. The van der Waals surface area contributed by atoms with Crippen LogP contribution in [-0.2, 0) is 30.3 Å². The third kappa shape index (κ3) is 5.19. The molecular formula is C18H24N2O6. The smallest absolute Gasteiger partial charge is 0.328 e. The maximum absolute atomic E-state index is 12.5. The minimum Gasteiger partial charge on any atom is -0.508 e. The van der Waals surface area contributed by atoms with Crippen molar-refractivity contribution >= 4 is 17.8 Å². The third-order valence-corrected chi connectivity index (χ3v) is 4.33. The molecule has 2 unspecified atom stereocenters. The van der Waals surface area contributed by atoms with Crippen molar-refractivity contribution in [1.82, 2.24) is 10.2 Å². The fourth-order valence-electron chi connectivity index (χ4n) is 2.86. The van der Waals surface area contributed by atoms with Crippen LogP contribution in [0.25, 0.3) is 0 Å². The zero-order chi connectivity index (χ0) is 19.1. The highest BCUT2D eigenvalue weighted by atomic mass is 16.5. The molecule has 8 nitrogen and oxygen atoms in total. The molecule has 1 aromatic carbocycles. The van der Waals surface area contributed by atoms with Crippen molar-refractivity contribution in [3.63, 3.8) is 0 Å². The summed E-state index contributed by atoms with van der Waals surface area (Å²) in [5.74, 6) is -1.41. The molecule has 0 saturated carbocycles. The maximum atomic E-state index is 12.5. The van der Waals surface area contributed by atoms with Crippen LogP contribution >= 0.6 is 0 Å². The number of hydrogen-bond acceptors (Lipinski definition) is 6. The summed E-state index contributed by atoms with van der Waals surface area (Å²) in [7, 11) is 2.80. The van der Waals surface area contributed by atoms with Crippen LogP contribution in [0.1, 0.15) is 12.0 Å². The number of ether oxygens (including phenoxy) is 2. The van der Waals surface area contributed by atoms with Crippen molar-refractivity contribution in [1.29, 1.82) is 0 Å². The van der Waals surface area contributed by atoms with E-state index >= 15 is 0 Å². The number of esters is 1. The zero-order valence-corrected chi connectivity index (χ0v) is 14.9. The van der Waals surface area contributed by atoms with Crippen LogP contribution in [0.5, 0.6) is 5.75 Å². The van der Waals surface area contributed by atoms with Crippen LogP contribution in [0.2, 0.25) is 0 Å². The second-order valence-electron chi connectivity index (χ2n) is 6.19. The monoisotopic (exact) mass is 364 g/mol. The van der Waals surface area contributed by atoms with E-state index in [0.717, 1.165) is 5.56 Å². The molecule has 1 saturated heterocycles. The first-order chi connectivity index (χ1) is 12.4. The minimum absolute atomic E-state index is 0.102. The molecule has 8 heteroatoms. The van der Waals surface area contributed by atoms with Crippen LogP contribution in [-0.4, -0.2) is 67.7 Å². The van der Waals surface area contributed by atoms with Gasteiger partial charge in [0.1, 0.15) is 11.8 Å². The van der Waals surface area contributed by atoms with Gasteiger partial charge in [-0.1, -0.05) is 12.1 Å². The van der Waals surface area contributed by atoms with E-state index in [9.17, 15) is 19.5 Å². The highest BCUT2D eigenvalue weighted by Crippen LogP contribution is 2.18. The van der Waals surface area contributed by atoms with Gasteiger partial charge in [-0.05, 0) is 17.7 Å². The van der Waals surface area contributed by atoms with Crippen LogP contribution in [0.4, 0.5) is 0 Å². The molecular weight excluding hydrogens is 340 g/mol. The van der Waals surface area contributed by atoms with Crippen LogP contribution < -0.4 is 5.32 Å². The molecule has 142 valence electrons. The topological polar surface area (TPSA) is 105 Å². The first-order valence-electron chi connectivity index (χ1n) is 8.37. The number of methoxy groups -OCH3 is 2. The van der Waals surface area contributed by atoms with E-state index in [1.54, 1.807) is 24.1 Å². The van der Waals surface area contributed by atoms with Gasteiger partial charge in [0.15, 0.2) is 0 Å². The molecule has 1 aromatic rings. The number of carbonyl (C=O) groups is 3. The van der Waals surface area contributed by atoms with Crippen molar-refractivity contribution in [2.45, 2.75) is 18.9 Å². The van der Waals surface area contributed by atoms with E-state index < -0.39 is 17.9 Å². The van der Waals surface area contributed by atoms with Crippen molar-refractivity contribution in [3.8, 4) is 5.75 Å². The number of benzene rings is 1. The quantitative estimate of drug-likeness (QED) is 0.634. The lowest BCUT2D eigenvalue weighted by molar-refractivity contribution is -0.145. The van der Waals surface area contributed by atoms with Gasteiger partial charge in [0.25, 0.3) is 0 Å². The molecule has 1 fully saturated rings. The van der Waals surface area contributed by atoms with Gasteiger partial charge in [0.2, 0.25) is 11.8 Å². The predicted octanol–water partition coefficient (Wildman–Crippen LogP) is 0.0874. The Morgan fingerprint density at radius 3 is 2.62 bits per heavy atom. The maximum Gasteiger partial charge on any atom is 0.328 e. The highest BCUT2D eigenvalue weighted by Gasteiger charge is 2.35. The number of rotatable bonds is 8.